The van der Waals surface area contributed by atoms with Gasteiger partial charge in [0.25, 0.3) is 0 Å². The lowest BCUT2D eigenvalue weighted by Crippen LogP contribution is -2.63. The van der Waals surface area contributed by atoms with Crippen LogP contribution in [0.4, 0.5) is 0 Å². The van der Waals surface area contributed by atoms with Gasteiger partial charge in [0.1, 0.15) is 0 Å². The number of hydrogen-bond donors (Lipinski definition) is 0. The fourth-order valence-corrected chi connectivity index (χ4v) is 14.4. The molecule has 0 aromatic heterocycles. The van der Waals surface area contributed by atoms with Crippen molar-refractivity contribution >= 4 is 0 Å². The maximum absolute atomic E-state index is 3.04. The zero-order chi connectivity index (χ0) is 30.4. The molecule has 6 aliphatic rings. The molecule has 0 heterocycles. The monoisotopic (exact) mass is 607 g/mol. The van der Waals surface area contributed by atoms with Gasteiger partial charge in [0.05, 0.1) is 0 Å². The molecule has 254 valence electrons. The summed E-state index contributed by atoms with van der Waals surface area (Å²) in [5.41, 5.74) is 1.14. The van der Waals surface area contributed by atoms with Crippen molar-refractivity contribution in [2.24, 2.45) is 64.1 Å². The molecule has 0 aliphatic heterocycles. The Kier molecular flexibility index (Phi) is 12.3. The van der Waals surface area contributed by atoms with Gasteiger partial charge in [-0.15, -0.1) is 0 Å². The zero-order valence-electron chi connectivity index (χ0n) is 30.4. The van der Waals surface area contributed by atoms with Crippen LogP contribution >= 0.6 is 0 Å². The van der Waals surface area contributed by atoms with Crippen LogP contribution in [0.1, 0.15) is 213 Å². The Balaban J connectivity index is 1.38. The molecule has 0 amide bonds. The van der Waals surface area contributed by atoms with E-state index in [9.17, 15) is 0 Å². The molecule has 44 heavy (non-hydrogen) atoms. The smallest absolute Gasteiger partial charge is 0.0210 e. The molecular formula is C44H78. The van der Waals surface area contributed by atoms with E-state index < -0.39 is 0 Å². The third kappa shape index (κ3) is 7.06. The second-order valence-corrected chi connectivity index (χ2v) is 18.8. The Morgan fingerprint density at radius 3 is 1.57 bits per heavy atom. The maximum atomic E-state index is 3.04. The number of fused-ring (bicyclic) bond motifs is 1. The van der Waals surface area contributed by atoms with E-state index in [2.05, 4.69) is 20.8 Å². The van der Waals surface area contributed by atoms with Crippen molar-refractivity contribution in [1.82, 2.24) is 0 Å². The first-order chi connectivity index (χ1) is 21.6. The molecule has 6 rings (SSSR count). The van der Waals surface area contributed by atoms with Crippen molar-refractivity contribution in [3.63, 3.8) is 0 Å². The van der Waals surface area contributed by atoms with Crippen molar-refractivity contribution in [2.45, 2.75) is 213 Å². The molecule has 0 radical (unpaired) electrons. The normalized spacial score (nSPS) is 40.6. The van der Waals surface area contributed by atoms with Crippen molar-refractivity contribution in [1.29, 1.82) is 0 Å². The summed E-state index contributed by atoms with van der Waals surface area (Å²) < 4.78 is 0. The standard InChI is InChI=1S/C44H78/c1-4-5-6-7-8-21-30-43(2)41(36-26-17-11-18-27-36)33-40-39(35-24-15-10-16-25-35)31-37(34-22-13-9-14-23-34)32-42(40)44(43,3)38-28-19-12-20-29-38/h34-42H,4-33H2,1-3H3. The minimum Gasteiger partial charge on any atom is -0.0654 e. The van der Waals surface area contributed by atoms with E-state index in [0.29, 0.717) is 10.8 Å². The fourth-order valence-electron chi connectivity index (χ4n) is 14.4. The molecule has 0 bridgehead atoms. The molecular weight excluding hydrogens is 528 g/mol. The van der Waals surface area contributed by atoms with Gasteiger partial charge in [-0.05, 0) is 103 Å². The average molecular weight is 607 g/mol. The molecule has 0 saturated heterocycles. The summed E-state index contributed by atoms with van der Waals surface area (Å²) in [6.07, 6.45) is 46.5. The minimum absolute atomic E-state index is 0.564. The minimum atomic E-state index is 0.564. The van der Waals surface area contributed by atoms with Crippen LogP contribution in [0, 0.1) is 64.1 Å². The summed E-state index contributed by atoms with van der Waals surface area (Å²) in [5.74, 6) is 9.46. The predicted octanol–water partition coefficient (Wildman–Crippen LogP) is 14.3. The highest BCUT2D eigenvalue weighted by Gasteiger charge is 2.65. The highest BCUT2D eigenvalue weighted by molar-refractivity contribution is 5.13. The summed E-state index contributed by atoms with van der Waals surface area (Å²) in [7, 11) is 0. The van der Waals surface area contributed by atoms with Crippen LogP contribution in [-0.2, 0) is 0 Å². The van der Waals surface area contributed by atoms with Crippen LogP contribution in [0.25, 0.3) is 0 Å². The molecule has 0 spiro atoms. The molecule has 0 aromatic carbocycles. The van der Waals surface area contributed by atoms with Gasteiger partial charge in [-0.25, -0.2) is 0 Å². The van der Waals surface area contributed by atoms with Gasteiger partial charge in [-0.3, -0.25) is 0 Å². The third-order valence-corrected chi connectivity index (χ3v) is 16.8. The van der Waals surface area contributed by atoms with Crippen LogP contribution in [0.2, 0.25) is 0 Å². The van der Waals surface area contributed by atoms with Gasteiger partial charge in [0.2, 0.25) is 0 Å². The summed E-state index contributed by atoms with van der Waals surface area (Å²) in [6.45, 7) is 8.41. The van der Waals surface area contributed by atoms with Crippen LogP contribution in [0.15, 0.2) is 0 Å². The zero-order valence-corrected chi connectivity index (χ0v) is 30.4. The van der Waals surface area contributed by atoms with Crippen molar-refractivity contribution < 1.29 is 0 Å². The highest BCUT2D eigenvalue weighted by Crippen LogP contribution is 2.72. The van der Waals surface area contributed by atoms with Crippen LogP contribution in [0.5, 0.6) is 0 Å². The van der Waals surface area contributed by atoms with Gasteiger partial charge in [0.15, 0.2) is 0 Å². The fraction of sp³-hybridized carbons (Fsp3) is 1.00. The van der Waals surface area contributed by atoms with Gasteiger partial charge in [-0.2, -0.15) is 0 Å². The second kappa shape index (κ2) is 15.9. The van der Waals surface area contributed by atoms with Gasteiger partial charge >= 0.3 is 0 Å². The Morgan fingerprint density at radius 1 is 0.432 bits per heavy atom. The summed E-state index contributed by atoms with van der Waals surface area (Å²) in [6, 6.07) is 0. The molecule has 6 fully saturated rings. The first-order valence-electron chi connectivity index (χ1n) is 21.6. The lowest BCUT2D eigenvalue weighted by atomic mass is 9.35. The first kappa shape index (κ1) is 33.9. The summed E-state index contributed by atoms with van der Waals surface area (Å²) in [4.78, 5) is 0. The lowest BCUT2D eigenvalue weighted by Gasteiger charge is -2.69. The van der Waals surface area contributed by atoms with E-state index in [0.717, 1.165) is 53.3 Å². The maximum Gasteiger partial charge on any atom is -0.0210 e. The molecule has 0 N–H and O–H groups in total. The van der Waals surface area contributed by atoms with E-state index in [-0.39, 0.29) is 0 Å². The Hall–Kier alpha value is 0. The molecule has 6 saturated carbocycles. The quantitative estimate of drug-likeness (QED) is 0.205. The Labute approximate surface area is 276 Å². The van der Waals surface area contributed by atoms with E-state index in [1.165, 1.54) is 89.9 Å². The topological polar surface area (TPSA) is 0 Å². The molecule has 0 heteroatoms. The van der Waals surface area contributed by atoms with Gasteiger partial charge in [-0.1, -0.05) is 175 Å². The van der Waals surface area contributed by atoms with Crippen molar-refractivity contribution in [3.8, 4) is 0 Å². The predicted molar refractivity (Wildman–Crippen MR) is 192 cm³/mol. The van der Waals surface area contributed by atoms with E-state index in [1.54, 1.807) is 103 Å². The summed E-state index contributed by atoms with van der Waals surface area (Å²) in [5, 5.41) is 0. The molecule has 7 unspecified atom stereocenters. The van der Waals surface area contributed by atoms with E-state index in [1.807, 2.05) is 0 Å². The van der Waals surface area contributed by atoms with Crippen LogP contribution in [0.3, 0.4) is 0 Å². The number of hydrogen-bond acceptors (Lipinski definition) is 0. The second-order valence-electron chi connectivity index (χ2n) is 18.8. The average Bonchev–Trinajstić information content (AvgIpc) is 3.09. The van der Waals surface area contributed by atoms with E-state index >= 15 is 0 Å². The Morgan fingerprint density at radius 2 is 0.955 bits per heavy atom. The van der Waals surface area contributed by atoms with Crippen molar-refractivity contribution in [2.75, 3.05) is 0 Å². The van der Waals surface area contributed by atoms with E-state index in [4.69, 9.17) is 0 Å². The summed E-state index contributed by atoms with van der Waals surface area (Å²) >= 11 is 0. The SMILES string of the molecule is CCCCCCCCC1(C)C(C2CCCCC2)CC2C(C3CCCCC3)CC(C3CCCCC3)CC2C1(C)C1CCCCC1. The van der Waals surface area contributed by atoms with Gasteiger partial charge in [0, 0.05) is 0 Å². The number of rotatable bonds is 11. The number of unbranched alkanes of at least 4 members (excludes halogenated alkanes) is 5. The highest BCUT2D eigenvalue weighted by atomic mass is 14.7. The van der Waals surface area contributed by atoms with Crippen molar-refractivity contribution in [3.05, 3.63) is 0 Å². The van der Waals surface area contributed by atoms with Crippen LogP contribution < -0.4 is 0 Å². The molecule has 7 atom stereocenters. The third-order valence-electron chi connectivity index (χ3n) is 16.8. The largest absolute Gasteiger partial charge is 0.0654 e. The Bertz CT molecular complexity index is 819. The lowest BCUT2D eigenvalue weighted by molar-refractivity contribution is -0.209. The van der Waals surface area contributed by atoms with Crippen LogP contribution in [-0.4, -0.2) is 0 Å². The first-order valence-corrected chi connectivity index (χ1v) is 21.6. The molecule has 0 aromatic rings. The molecule has 6 aliphatic carbocycles. The van der Waals surface area contributed by atoms with Gasteiger partial charge < -0.3 is 0 Å². The molecule has 0 nitrogen and oxygen atoms in total.